The second-order valence-corrected chi connectivity index (χ2v) is 9.95. The van der Waals surface area contributed by atoms with Gasteiger partial charge in [-0.25, -0.2) is 0 Å². The lowest BCUT2D eigenvalue weighted by atomic mass is 9.73. The van der Waals surface area contributed by atoms with Gasteiger partial charge in [0, 0.05) is 13.0 Å². The van der Waals surface area contributed by atoms with Gasteiger partial charge in [-0.05, 0) is 57.1 Å². The van der Waals surface area contributed by atoms with Crippen molar-refractivity contribution in [2.24, 2.45) is 5.92 Å². The minimum atomic E-state index is -4.25. The van der Waals surface area contributed by atoms with Crippen molar-refractivity contribution in [2.75, 3.05) is 13.2 Å². The first-order valence-corrected chi connectivity index (χ1v) is 11.8. The van der Waals surface area contributed by atoms with Crippen molar-refractivity contribution in [1.82, 2.24) is 10.6 Å². The quantitative estimate of drug-likeness (QED) is 0.635. The number of ether oxygens (including phenoxy) is 1. The van der Waals surface area contributed by atoms with Crippen LogP contribution in [0.4, 0.5) is 13.2 Å². The normalized spacial score (nSPS) is 31.5. The van der Waals surface area contributed by atoms with Gasteiger partial charge in [-0.15, -0.1) is 0 Å². The number of rotatable bonds is 5. The molecule has 1 unspecified atom stereocenters. The summed E-state index contributed by atoms with van der Waals surface area (Å²) < 4.78 is 46.3. The lowest BCUT2D eigenvalue weighted by Gasteiger charge is -2.49. The monoisotopic (exact) mass is 462 g/mol. The number of allylic oxidation sites excluding steroid dienone is 2. The van der Waals surface area contributed by atoms with Gasteiger partial charge in [0.05, 0.1) is 29.7 Å². The van der Waals surface area contributed by atoms with E-state index in [9.17, 15) is 18.0 Å². The van der Waals surface area contributed by atoms with E-state index in [-0.39, 0.29) is 17.9 Å². The molecule has 1 aromatic carbocycles. The highest BCUT2D eigenvalue weighted by Crippen LogP contribution is 2.39. The summed E-state index contributed by atoms with van der Waals surface area (Å²) in [5, 5.41) is 6.87. The molecule has 7 heteroatoms. The Hall–Kier alpha value is -2.12. The molecule has 2 N–H and O–H groups in total. The summed E-state index contributed by atoms with van der Waals surface area (Å²) in [5.74, 6) is -1.36. The Morgan fingerprint density at radius 3 is 2.58 bits per heavy atom. The van der Waals surface area contributed by atoms with Gasteiger partial charge in [0.2, 0.25) is 5.91 Å². The molecule has 2 saturated heterocycles. The molecule has 1 spiro atoms. The summed E-state index contributed by atoms with van der Waals surface area (Å²) in [4.78, 5) is 12.0. The van der Waals surface area contributed by atoms with Crippen LogP contribution in [-0.2, 0) is 15.1 Å². The Morgan fingerprint density at radius 2 is 1.94 bits per heavy atom. The van der Waals surface area contributed by atoms with Gasteiger partial charge in [0.1, 0.15) is 0 Å². The minimum absolute atomic E-state index is 0.00301. The molecule has 1 aromatic rings. The summed E-state index contributed by atoms with van der Waals surface area (Å²) in [5.41, 5.74) is 1.70. The van der Waals surface area contributed by atoms with E-state index in [1.165, 1.54) is 6.08 Å². The molecule has 4 nitrogen and oxygen atoms in total. The molecule has 0 saturated carbocycles. The maximum atomic E-state index is 13.4. The number of alkyl halides is 3. The predicted octanol–water partition coefficient (Wildman–Crippen LogP) is 5.16. The number of nitrogens with one attached hydrogen (secondary N) is 2. The Balaban J connectivity index is 1.50. The number of piperidine rings is 2. The summed E-state index contributed by atoms with van der Waals surface area (Å²) in [7, 11) is 0. The highest BCUT2D eigenvalue weighted by Gasteiger charge is 2.46. The van der Waals surface area contributed by atoms with Crippen molar-refractivity contribution in [3.8, 4) is 0 Å². The van der Waals surface area contributed by atoms with Gasteiger partial charge in [-0.3, -0.25) is 4.79 Å². The van der Waals surface area contributed by atoms with Crippen molar-refractivity contribution in [2.45, 2.75) is 75.7 Å². The van der Waals surface area contributed by atoms with Crippen molar-refractivity contribution in [1.29, 1.82) is 0 Å². The number of benzene rings is 1. The van der Waals surface area contributed by atoms with Gasteiger partial charge in [0.15, 0.2) is 0 Å². The number of hydrogen-bond donors (Lipinski definition) is 2. The van der Waals surface area contributed by atoms with E-state index >= 15 is 0 Å². The first kappa shape index (κ1) is 24.0. The minimum Gasteiger partial charge on any atom is -0.372 e. The standard InChI is InChI=1S/C26H33F3N2O2/c1-18-13-20(15-22(14-18)26(27,28)29)19(2)33-17-25(21-7-4-3-5-8-21)12-11-24(16-30-25)10-6-9-23(32)31-24/h3-5,7-8,13,15,19,22,30H,6,9-12,14,16-17H2,1-2H3,(H,31,32)/t19-,22?,24+,25-/m1/s1. The number of halogens is 3. The average molecular weight is 463 g/mol. The third-order valence-electron chi connectivity index (χ3n) is 7.40. The largest absolute Gasteiger partial charge is 0.395 e. The van der Waals surface area contributed by atoms with Crippen LogP contribution >= 0.6 is 0 Å². The van der Waals surface area contributed by atoms with Crippen LogP contribution in [0.3, 0.4) is 0 Å². The molecule has 33 heavy (non-hydrogen) atoms. The van der Waals surface area contributed by atoms with Crippen molar-refractivity contribution < 1.29 is 22.7 Å². The van der Waals surface area contributed by atoms with Gasteiger partial charge in [-0.2, -0.15) is 13.2 Å². The highest BCUT2D eigenvalue weighted by atomic mass is 19.4. The van der Waals surface area contributed by atoms with Crippen LogP contribution in [0.25, 0.3) is 0 Å². The van der Waals surface area contributed by atoms with E-state index in [2.05, 4.69) is 22.8 Å². The zero-order valence-corrected chi connectivity index (χ0v) is 19.3. The number of hydrogen-bond acceptors (Lipinski definition) is 3. The van der Waals surface area contributed by atoms with Crippen LogP contribution in [0.15, 0.2) is 53.6 Å². The molecule has 2 fully saturated rings. The zero-order valence-electron chi connectivity index (χ0n) is 19.3. The lowest BCUT2D eigenvalue weighted by Crippen LogP contribution is -2.65. The average Bonchev–Trinajstić information content (AvgIpc) is 2.78. The van der Waals surface area contributed by atoms with Crippen LogP contribution in [0, 0.1) is 5.92 Å². The molecule has 1 aliphatic carbocycles. The second-order valence-electron chi connectivity index (χ2n) is 9.95. The number of carbonyl (C=O) groups is 1. The molecule has 0 bridgehead atoms. The number of amides is 1. The third-order valence-corrected chi connectivity index (χ3v) is 7.40. The van der Waals surface area contributed by atoms with E-state index in [0.717, 1.165) is 31.2 Å². The van der Waals surface area contributed by atoms with Gasteiger partial charge in [-0.1, -0.05) is 48.1 Å². The molecule has 0 radical (unpaired) electrons. The van der Waals surface area contributed by atoms with Crippen LogP contribution < -0.4 is 10.6 Å². The fourth-order valence-corrected chi connectivity index (χ4v) is 5.36. The molecule has 4 rings (SSSR count). The molecular formula is C26H33F3N2O2. The smallest absolute Gasteiger partial charge is 0.372 e. The van der Waals surface area contributed by atoms with E-state index < -0.39 is 23.7 Å². The molecular weight excluding hydrogens is 429 g/mol. The first-order chi connectivity index (χ1) is 15.6. The molecule has 2 heterocycles. The zero-order chi connectivity index (χ0) is 23.7. The lowest BCUT2D eigenvalue weighted by molar-refractivity contribution is -0.161. The predicted molar refractivity (Wildman–Crippen MR) is 121 cm³/mol. The summed E-state index contributed by atoms with van der Waals surface area (Å²) >= 11 is 0. The summed E-state index contributed by atoms with van der Waals surface area (Å²) in [6.07, 6.45) is 2.43. The van der Waals surface area contributed by atoms with Gasteiger partial charge < -0.3 is 15.4 Å². The second kappa shape index (κ2) is 9.26. The van der Waals surface area contributed by atoms with E-state index in [1.807, 2.05) is 31.2 Å². The van der Waals surface area contributed by atoms with Crippen LogP contribution in [0.5, 0.6) is 0 Å². The fourth-order valence-electron chi connectivity index (χ4n) is 5.36. The summed E-state index contributed by atoms with van der Waals surface area (Å²) in [6.45, 7) is 4.54. The van der Waals surface area contributed by atoms with Crippen LogP contribution in [0.1, 0.15) is 57.9 Å². The molecule has 3 aliphatic rings. The van der Waals surface area contributed by atoms with Crippen molar-refractivity contribution >= 4 is 5.91 Å². The maximum Gasteiger partial charge on any atom is 0.395 e. The Bertz CT molecular complexity index is 915. The van der Waals surface area contributed by atoms with Crippen molar-refractivity contribution in [3.63, 3.8) is 0 Å². The molecule has 1 amide bonds. The summed E-state index contributed by atoms with van der Waals surface area (Å²) in [6, 6.07) is 10.0. The Morgan fingerprint density at radius 1 is 1.18 bits per heavy atom. The molecule has 4 atom stereocenters. The Kier molecular flexibility index (Phi) is 6.74. The van der Waals surface area contributed by atoms with Gasteiger partial charge >= 0.3 is 6.18 Å². The van der Waals surface area contributed by atoms with Crippen LogP contribution in [-0.4, -0.2) is 36.9 Å². The van der Waals surface area contributed by atoms with E-state index in [0.29, 0.717) is 30.7 Å². The SMILES string of the molecule is CC1=CC([C@@H](C)OC[C@@]2(c3ccccc3)CC[C@@]3(CCCC(=O)N3)CN2)=CC(C(F)(F)F)C1. The van der Waals surface area contributed by atoms with Crippen molar-refractivity contribution in [3.05, 3.63) is 59.2 Å². The maximum absolute atomic E-state index is 13.4. The molecule has 180 valence electrons. The molecule has 0 aromatic heterocycles. The van der Waals surface area contributed by atoms with E-state index in [4.69, 9.17) is 4.74 Å². The number of carbonyl (C=O) groups excluding carboxylic acids is 1. The molecule has 2 aliphatic heterocycles. The fraction of sp³-hybridized carbons (Fsp3) is 0.577. The topological polar surface area (TPSA) is 50.4 Å². The Labute approximate surface area is 193 Å². The van der Waals surface area contributed by atoms with Crippen LogP contribution in [0.2, 0.25) is 0 Å². The van der Waals surface area contributed by atoms with E-state index in [1.54, 1.807) is 6.92 Å². The van der Waals surface area contributed by atoms with Gasteiger partial charge in [0.25, 0.3) is 0 Å². The third kappa shape index (κ3) is 5.35. The first-order valence-electron chi connectivity index (χ1n) is 11.8. The highest BCUT2D eigenvalue weighted by molar-refractivity contribution is 5.77.